The van der Waals surface area contributed by atoms with Crippen LogP contribution in [0, 0.1) is 13.9 Å². The number of non-ortho nitro benzene ring substituents is 1. The summed E-state index contributed by atoms with van der Waals surface area (Å²) >= 11 is 8.45. The third-order valence-corrected chi connectivity index (χ3v) is 4.86. The monoisotopic (exact) mass is 458 g/mol. The van der Waals surface area contributed by atoms with Crippen LogP contribution in [-0.4, -0.2) is 15.2 Å². The Labute approximate surface area is 153 Å². The zero-order valence-electron chi connectivity index (χ0n) is 11.3. The summed E-state index contributed by atoms with van der Waals surface area (Å²) in [5, 5.41) is 10.7. The molecule has 6 nitrogen and oxygen atoms in total. The molecule has 1 aliphatic heterocycles. The number of benzene rings is 1. The Morgan fingerprint density at radius 3 is 2.52 bits per heavy atom. The third-order valence-electron chi connectivity index (χ3n) is 2.98. The molecule has 23 heavy (non-hydrogen) atoms. The summed E-state index contributed by atoms with van der Waals surface area (Å²) in [6.07, 6.45) is 1.63. The van der Waals surface area contributed by atoms with Crippen molar-refractivity contribution in [3.8, 4) is 0 Å². The first-order valence-electron chi connectivity index (χ1n) is 6.23. The fraction of sp³-hybridized carbons (Fsp3) is 0. The lowest BCUT2D eigenvalue weighted by Gasteiger charge is -2.13. The van der Waals surface area contributed by atoms with Crippen molar-refractivity contribution >= 4 is 74.2 Å². The zero-order valence-corrected chi connectivity index (χ0v) is 15.1. The molecule has 2 heterocycles. The van der Waals surface area contributed by atoms with Crippen LogP contribution in [0.15, 0.2) is 45.7 Å². The van der Waals surface area contributed by atoms with E-state index in [2.05, 4.69) is 0 Å². The first-order valence-corrected chi connectivity index (χ1v) is 8.54. The predicted molar refractivity (Wildman–Crippen MR) is 100 cm³/mol. The van der Waals surface area contributed by atoms with E-state index in [1.807, 2.05) is 22.6 Å². The number of furan rings is 1. The molecule has 9 heteroatoms. The van der Waals surface area contributed by atoms with Gasteiger partial charge in [0, 0.05) is 18.2 Å². The molecule has 1 fully saturated rings. The molecule has 0 unspecified atom stereocenters. The smallest absolute Gasteiger partial charge is 0.270 e. The largest absolute Gasteiger partial charge is 0.451 e. The molecule has 3 rings (SSSR count). The van der Waals surface area contributed by atoms with Crippen LogP contribution in [0.4, 0.5) is 11.4 Å². The maximum absolute atomic E-state index is 12.5. The Morgan fingerprint density at radius 1 is 1.26 bits per heavy atom. The van der Waals surface area contributed by atoms with Crippen LogP contribution in [0.2, 0.25) is 0 Å². The minimum atomic E-state index is -0.494. The first kappa shape index (κ1) is 16.1. The van der Waals surface area contributed by atoms with Crippen LogP contribution in [0.1, 0.15) is 5.76 Å². The second-order valence-electron chi connectivity index (χ2n) is 4.43. The highest BCUT2D eigenvalue weighted by Crippen LogP contribution is 2.36. The predicted octanol–water partition coefficient (Wildman–Crippen LogP) is 4.20. The molecule has 0 saturated carbocycles. The van der Waals surface area contributed by atoms with Crippen molar-refractivity contribution in [2.75, 3.05) is 4.90 Å². The highest BCUT2D eigenvalue weighted by molar-refractivity contribution is 14.1. The Balaban J connectivity index is 1.89. The number of thioether (sulfide) groups is 1. The van der Waals surface area contributed by atoms with Gasteiger partial charge in [-0.15, -0.1) is 0 Å². The number of nitro groups is 1. The number of rotatable bonds is 3. The van der Waals surface area contributed by atoms with Gasteiger partial charge >= 0.3 is 0 Å². The molecule has 0 spiro atoms. The second kappa shape index (κ2) is 6.42. The number of hydrogen-bond acceptors (Lipinski definition) is 6. The molecule has 1 amide bonds. The van der Waals surface area contributed by atoms with Crippen molar-refractivity contribution in [3.63, 3.8) is 0 Å². The molecule has 0 radical (unpaired) electrons. The summed E-state index contributed by atoms with van der Waals surface area (Å²) in [4.78, 5) is 24.5. The van der Waals surface area contributed by atoms with Gasteiger partial charge in [-0.05, 0) is 46.9 Å². The van der Waals surface area contributed by atoms with Gasteiger partial charge in [0.2, 0.25) is 0 Å². The number of halogens is 1. The van der Waals surface area contributed by atoms with Crippen LogP contribution >= 0.6 is 46.6 Å². The van der Waals surface area contributed by atoms with E-state index in [0.717, 1.165) is 15.5 Å². The van der Waals surface area contributed by atoms with Crippen molar-refractivity contribution in [2.24, 2.45) is 0 Å². The van der Waals surface area contributed by atoms with Crippen molar-refractivity contribution in [1.82, 2.24) is 0 Å². The Kier molecular flexibility index (Phi) is 4.50. The number of anilines is 1. The summed E-state index contributed by atoms with van der Waals surface area (Å²) in [7, 11) is 0. The van der Waals surface area contributed by atoms with Crippen molar-refractivity contribution in [2.45, 2.75) is 0 Å². The van der Waals surface area contributed by atoms with E-state index in [-0.39, 0.29) is 11.6 Å². The molecule has 1 aromatic heterocycles. The Bertz CT molecular complexity index is 845. The number of nitrogens with zero attached hydrogens (tertiary/aromatic N) is 2. The lowest BCUT2D eigenvalue weighted by Crippen LogP contribution is -2.27. The molecule has 2 aromatic rings. The third kappa shape index (κ3) is 3.31. The van der Waals surface area contributed by atoms with Crippen molar-refractivity contribution < 1.29 is 14.1 Å². The van der Waals surface area contributed by atoms with Gasteiger partial charge in [0.15, 0.2) is 8.09 Å². The zero-order chi connectivity index (χ0) is 16.6. The maximum atomic E-state index is 12.5. The number of hydrogen-bond donors (Lipinski definition) is 0. The maximum Gasteiger partial charge on any atom is 0.270 e. The lowest BCUT2D eigenvalue weighted by molar-refractivity contribution is -0.384. The normalized spacial score (nSPS) is 16.4. The average molecular weight is 458 g/mol. The summed E-state index contributed by atoms with van der Waals surface area (Å²) in [5.41, 5.74) is 0.454. The van der Waals surface area contributed by atoms with Gasteiger partial charge in [-0.1, -0.05) is 24.0 Å². The second-order valence-corrected chi connectivity index (χ2v) is 7.17. The van der Waals surface area contributed by atoms with Gasteiger partial charge in [0.25, 0.3) is 11.6 Å². The highest BCUT2D eigenvalue weighted by Gasteiger charge is 2.33. The molecule has 116 valence electrons. The number of thiocarbonyl (C=S) groups is 1. The minimum Gasteiger partial charge on any atom is -0.451 e. The van der Waals surface area contributed by atoms with Crippen LogP contribution in [-0.2, 0) is 4.79 Å². The minimum absolute atomic E-state index is 0.0418. The average Bonchev–Trinajstić information content (AvgIpc) is 3.03. The molecular weight excluding hydrogens is 451 g/mol. The molecule has 0 N–H and O–H groups in total. The number of nitro benzene ring substituents is 1. The van der Waals surface area contributed by atoms with Crippen LogP contribution in [0.3, 0.4) is 0 Å². The number of carbonyl (C=O) groups is 1. The molecular formula is C14H7IN2O4S2. The number of amides is 1. The highest BCUT2D eigenvalue weighted by atomic mass is 127. The van der Waals surface area contributed by atoms with Gasteiger partial charge in [-0.3, -0.25) is 19.8 Å². The van der Waals surface area contributed by atoms with E-state index in [0.29, 0.717) is 20.7 Å². The number of carbonyl (C=O) groups excluding carboxylic acids is 1. The van der Waals surface area contributed by atoms with Crippen LogP contribution < -0.4 is 4.90 Å². The van der Waals surface area contributed by atoms with E-state index in [1.54, 1.807) is 18.2 Å². The van der Waals surface area contributed by atoms with Crippen LogP contribution in [0.25, 0.3) is 6.08 Å². The van der Waals surface area contributed by atoms with Crippen molar-refractivity contribution in [1.29, 1.82) is 0 Å². The molecule has 1 aliphatic rings. The SMILES string of the molecule is O=C1C(=Cc2ccc(I)o2)SC(=S)N1c1ccc([N+](=O)[O-])cc1. The summed E-state index contributed by atoms with van der Waals surface area (Å²) in [6.45, 7) is 0. The van der Waals surface area contributed by atoms with Gasteiger partial charge in [0.1, 0.15) is 5.76 Å². The summed E-state index contributed by atoms with van der Waals surface area (Å²) in [6, 6.07) is 9.24. The fourth-order valence-corrected chi connectivity index (χ4v) is 3.66. The van der Waals surface area contributed by atoms with Gasteiger partial charge < -0.3 is 4.42 Å². The standard InChI is InChI=1S/C14H7IN2O4S2/c15-12-6-5-10(21-12)7-11-13(18)16(14(22)23-11)8-1-3-9(4-2-8)17(19)20/h1-7H. The molecule has 0 atom stereocenters. The fourth-order valence-electron chi connectivity index (χ4n) is 1.95. The Morgan fingerprint density at radius 2 is 1.96 bits per heavy atom. The molecule has 0 aliphatic carbocycles. The molecule has 1 saturated heterocycles. The van der Waals surface area contributed by atoms with Gasteiger partial charge in [-0.2, -0.15) is 0 Å². The van der Waals surface area contributed by atoms with E-state index >= 15 is 0 Å². The quantitative estimate of drug-likeness (QED) is 0.226. The van der Waals surface area contributed by atoms with E-state index < -0.39 is 4.92 Å². The molecule has 0 bridgehead atoms. The lowest BCUT2D eigenvalue weighted by atomic mass is 10.2. The van der Waals surface area contributed by atoms with Crippen molar-refractivity contribution in [3.05, 3.63) is 60.9 Å². The summed E-state index contributed by atoms with van der Waals surface area (Å²) < 4.78 is 6.51. The van der Waals surface area contributed by atoms with Gasteiger partial charge in [-0.25, -0.2) is 0 Å². The van der Waals surface area contributed by atoms with E-state index in [9.17, 15) is 14.9 Å². The summed E-state index contributed by atoms with van der Waals surface area (Å²) in [5.74, 6) is 0.291. The first-order chi connectivity index (χ1) is 11.0. The van der Waals surface area contributed by atoms with Gasteiger partial charge in [0.05, 0.1) is 15.5 Å². The van der Waals surface area contributed by atoms with Crippen LogP contribution in [0.5, 0.6) is 0 Å². The van der Waals surface area contributed by atoms with E-state index in [1.165, 1.54) is 29.2 Å². The molecule has 1 aromatic carbocycles. The topological polar surface area (TPSA) is 76.6 Å². The van der Waals surface area contributed by atoms with E-state index in [4.69, 9.17) is 16.6 Å². The Hall–Kier alpha value is -1.72.